The number of carbonyl (C=O) groups excluding carboxylic acids is 1. The predicted octanol–water partition coefficient (Wildman–Crippen LogP) is 1.22. The zero-order valence-electron chi connectivity index (χ0n) is 15.9. The fraction of sp³-hybridized carbons (Fsp3) is 0.278. The van der Waals surface area contributed by atoms with Crippen molar-refractivity contribution in [2.24, 2.45) is 0 Å². The lowest BCUT2D eigenvalue weighted by atomic mass is 10.2. The summed E-state index contributed by atoms with van der Waals surface area (Å²) in [6, 6.07) is 9.00. The lowest BCUT2D eigenvalue weighted by molar-refractivity contribution is 0.0729. The van der Waals surface area contributed by atoms with E-state index >= 15 is 0 Å². The number of amides is 1. The SMILES string of the molecule is COc1ccc(C(=O)Nc2cccc(S(=O)(=O)O)c2)cc1S(=O)(=O)N1CCOCC1. The number of hydrogen-bond donors (Lipinski definition) is 2. The van der Waals surface area contributed by atoms with Gasteiger partial charge >= 0.3 is 0 Å². The Morgan fingerprint density at radius 2 is 1.80 bits per heavy atom. The van der Waals surface area contributed by atoms with Crippen molar-refractivity contribution in [1.29, 1.82) is 0 Å². The Bertz CT molecular complexity index is 1160. The molecule has 1 aliphatic rings. The topological polar surface area (TPSA) is 139 Å². The van der Waals surface area contributed by atoms with Crippen LogP contribution in [0.15, 0.2) is 52.3 Å². The van der Waals surface area contributed by atoms with E-state index in [1.54, 1.807) is 0 Å². The van der Waals surface area contributed by atoms with Crippen molar-refractivity contribution in [1.82, 2.24) is 4.31 Å². The molecular formula is C18H20N2O8S2. The summed E-state index contributed by atoms with van der Waals surface area (Å²) in [4.78, 5) is 12.1. The molecule has 0 bridgehead atoms. The first-order valence-electron chi connectivity index (χ1n) is 8.78. The molecule has 0 unspecified atom stereocenters. The highest BCUT2D eigenvalue weighted by Crippen LogP contribution is 2.29. The average Bonchev–Trinajstić information content (AvgIpc) is 2.73. The number of ether oxygens (including phenoxy) is 2. The average molecular weight is 456 g/mol. The molecule has 2 N–H and O–H groups in total. The van der Waals surface area contributed by atoms with Gasteiger partial charge in [-0.3, -0.25) is 9.35 Å². The summed E-state index contributed by atoms with van der Waals surface area (Å²) in [5.74, 6) is -0.574. The summed E-state index contributed by atoms with van der Waals surface area (Å²) >= 11 is 0. The van der Waals surface area contributed by atoms with Crippen LogP contribution in [0.4, 0.5) is 5.69 Å². The number of methoxy groups -OCH3 is 1. The van der Waals surface area contributed by atoms with Gasteiger partial charge in [0.2, 0.25) is 10.0 Å². The first-order chi connectivity index (χ1) is 14.1. The quantitative estimate of drug-likeness (QED) is 0.619. The minimum absolute atomic E-state index is 0.0277. The van der Waals surface area contributed by atoms with Gasteiger partial charge in [-0.2, -0.15) is 12.7 Å². The molecule has 0 aliphatic carbocycles. The van der Waals surface area contributed by atoms with Gasteiger partial charge in [-0.15, -0.1) is 0 Å². The highest BCUT2D eigenvalue weighted by molar-refractivity contribution is 7.89. The molecule has 2 aromatic rings. The molecule has 0 spiro atoms. The highest BCUT2D eigenvalue weighted by atomic mass is 32.2. The van der Waals surface area contributed by atoms with Gasteiger partial charge in [0.25, 0.3) is 16.0 Å². The zero-order valence-corrected chi connectivity index (χ0v) is 17.6. The molecule has 2 aromatic carbocycles. The van der Waals surface area contributed by atoms with E-state index in [4.69, 9.17) is 14.0 Å². The minimum Gasteiger partial charge on any atom is -0.495 e. The molecule has 162 valence electrons. The number of nitrogens with one attached hydrogen (secondary N) is 1. The summed E-state index contributed by atoms with van der Waals surface area (Å²) in [6.07, 6.45) is 0. The first kappa shape index (κ1) is 22.2. The summed E-state index contributed by atoms with van der Waals surface area (Å²) in [6.45, 7) is 0.909. The van der Waals surface area contributed by atoms with Crippen molar-refractivity contribution in [3.63, 3.8) is 0 Å². The van der Waals surface area contributed by atoms with Crippen LogP contribution in [-0.4, -0.2) is 65.0 Å². The van der Waals surface area contributed by atoms with Gasteiger partial charge in [0.1, 0.15) is 10.6 Å². The molecular weight excluding hydrogens is 436 g/mol. The van der Waals surface area contributed by atoms with E-state index in [1.807, 2.05) is 0 Å². The van der Waals surface area contributed by atoms with E-state index < -0.39 is 26.0 Å². The van der Waals surface area contributed by atoms with Crippen LogP contribution in [0.5, 0.6) is 5.75 Å². The molecule has 3 rings (SSSR count). The Hall–Kier alpha value is -2.51. The minimum atomic E-state index is -4.44. The zero-order chi connectivity index (χ0) is 21.9. The number of morpholine rings is 1. The van der Waals surface area contributed by atoms with Gasteiger partial charge in [0.15, 0.2) is 0 Å². The van der Waals surface area contributed by atoms with Gasteiger partial charge < -0.3 is 14.8 Å². The van der Waals surface area contributed by atoms with Crippen molar-refractivity contribution in [3.05, 3.63) is 48.0 Å². The van der Waals surface area contributed by atoms with Gasteiger partial charge in [-0.25, -0.2) is 8.42 Å². The van der Waals surface area contributed by atoms with Crippen LogP contribution in [0, 0.1) is 0 Å². The van der Waals surface area contributed by atoms with E-state index in [1.165, 1.54) is 47.8 Å². The van der Waals surface area contributed by atoms with Gasteiger partial charge in [-0.05, 0) is 36.4 Å². The normalized spacial score (nSPS) is 15.5. The Morgan fingerprint density at radius 3 is 2.43 bits per heavy atom. The van der Waals surface area contributed by atoms with Gasteiger partial charge in [-0.1, -0.05) is 6.07 Å². The van der Waals surface area contributed by atoms with Crippen LogP contribution in [0.2, 0.25) is 0 Å². The number of carbonyl (C=O) groups is 1. The van der Waals surface area contributed by atoms with Crippen LogP contribution in [0.1, 0.15) is 10.4 Å². The first-order valence-corrected chi connectivity index (χ1v) is 11.7. The second-order valence-corrected chi connectivity index (χ2v) is 9.67. The van der Waals surface area contributed by atoms with Crippen molar-refractivity contribution < 1.29 is 35.7 Å². The van der Waals surface area contributed by atoms with Crippen molar-refractivity contribution >= 4 is 31.7 Å². The molecule has 0 atom stereocenters. The fourth-order valence-corrected chi connectivity index (χ4v) is 5.00. The number of benzene rings is 2. The maximum Gasteiger partial charge on any atom is 0.294 e. The molecule has 1 heterocycles. The lowest BCUT2D eigenvalue weighted by Crippen LogP contribution is -2.40. The Balaban J connectivity index is 1.92. The molecule has 1 amide bonds. The highest BCUT2D eigenvalue weighted by Gasteiger charge is 2.30. The predicted molar refractivity (Wildman–Crippen MR) is 107 cm³/mol. The van der Waals surface area contributed by atoms with Crippen molar-refractivity contribution in [2.45, 2.75) is 9.79 Å². The second kappa shape index (κ2) is 8.70. The Kier molecular flexibility index (Phi) is 6.43. The molecule has 0 aromatic heterocycles. The number of rotatable bonds is 6. The van der Waals surface area contributed by atoms with Crippen LogP contribution in [0.3, 0.4) is 0 Å². The maximum atomic E-state index is 13.0. The second-order valence-electron chi connectivity index (χ2n) is 6.34. The van der Waals surface area contributed by atoms with E-state index in [9.17, 15) is 21.6 Å². The largest absolute Gasteiger partial charge is 0.495 e. The lowest BCUT2D eigenvalue weighted by Gasteiger charge is -2.26. The summed E-state index contributed by atoms with van der Waals surface area (Å²) < 4.78 is 69.3. The van der Waals surface area contributed by atoms with Gasteiger partial charge in [0, 0.05) is 24.3 Å². The fourth-order valence-electron chi connectivity index (χ4n) is 2.88. The number of nitrogens with zero attached hydrogens (tertiary/aromatic N) is 1. The smallest absolute Gasteiger partial charge is 0.294 e. The number of hydrogen-bond acceptors (Lipinski definition) is 7. The molecule has 1 saturated heterocycles. The van der Waals surface area contributed by atoms with Crippen molar-refractivity contribution in [3.8, 4) is 5.75 Å². The van der Waals surface area contributed by atoms with E-state index in [2.05, 4.69) is 5.32 Å². The molecule has 30 heavy (non-hydrogen) atoms. The number of anilines is 1. The molecule has 10 nitrogen and oxygen atoms in total. The van der Waals surface area contributed by atoms with E-state index in [-0.39, 0.29) is 53.1 Å². The third-order valence-corrected chi connectivity index (χ3v) is 7.17. The molecule has 1 fully saturated rings. The third kappa shape index (κ3) is 4.79. The van der Waals surface area contributed by atoms with Crippen LogP contribution < -0.4 is 10.1 Å². The molecule has 12 heteroatoms. The van der Waals surface area contributed by atoms with Crippen molar-refractivity contribution in [2.75, 3.05) is 38.7 Å². The maximum absolute atomic E-state index is 13.0. The molecule has 0 saturated carbocycles. The summed E-state index contributed by atoms with van der Waals surface area (Å²) in [5, 5.41) is 2.48. The number of sulfonamides is 1. The standard InChI is InChI=1S/C18H20N2O8S2/c1-27-16-6-5-13(11-17(16)29(22,23)20-7-9-28-10-8-20)18(21)19-14-3-2-4-15(12-14)30(24,25)26/h2-6,11-12H,7-10H2,1H3,(H,19,21)(H,24,25,26). The summed E-state index contributed by atoms with van der Waals surface area (Å²) in [5.41, 5.74) is 0.142. The van der Waals surface area contributed by atoms with E-state index in [0.29, 0.717) is 0 Å². The monoisotopic (exact) mass is 456 g/mol. The Labute approximate surface area is 174 Å². The molecule has 1 aliphatic heterocycles. The van der Waals surface area contributed by atoms with E-state index in [0.717, 1.165) is 6.07 Å². The summed E-state index contributed by atoms with van der Waals surface area (Å²) in [7, 11) is -7.03. The Morgan fingerprint density at radius 1 is 1.10 bits per heavy atom. The molecule has 0 radical (unpaired) electrons. The third-order valence-electron chi connectivity index (χ3n) is 4.40. The van der Waals surface area contributed by atoms with Crippen LogP contribution >= 0.6 is 0 Å². The van der Waals surface area contributed by atoms with Crippen LogP contribution in [0.25, 0.3) is 0 Å². The van der Waals surface area contributed by atoms with Gasteiger partial charge in [0.05, 0.1) is 25.2 Å². The van der Waals surface area contributed by atoms with Crippen LogP contribution in [-0.2, 0) is 24.9 Å².